The number of para-hydroxylation sites is 1. The summed E-state index contributed by atoms with van der Waals surface area (Å²) in [5.41, 5.74) is 5.04. The van der Waals surface area contributed by atoms with Gasteiger partial charge in [0.25, 0.3) is 0 Å². The van der Waals surface area contributed by atoms with Crippen molar-refractivity contribution in [3.8, 4) is 0 Å². The van der Waals surface area contributed by atoms with Crippen LogP contribution in [0, 0.1) is 6.92 Å². The van der Waals surface area contributed by atoms with Gasteiger partial charge in [-0.2, -0.15) is 0 Å². The molecule has 3 aromatic rings. The maximum Gasteiger partial charge on any atom is 0.321 e. The number of hydrogen-bond acceptors (Lipinski definition) is 2. The second-order valence-electron chi connectivity index (χ2n) is 6.28. The molecule has 1 aliphatic rings. The van der Waals surface area contributed by atoms with E-state index in [9.17, 15) is 9.90 Å². The van der Waals surface area contributed by atoms with Gasteiger partial charge in [0.1, 0.15) is 6.04 Å². The maximum absolute atomic E-state index is 11.6. The first-order valence-corrected chi connectivity index (χ1v) is 8.27. The first kappa shape index (κ1) is 15.2. The van der Waals surface area contributed by atoms with Crippen LogP contribution in [0.4, 0.5) is 0 Å². The van der Waals surface area contributed by atoms with E-state index in [1.54, 1.807) is 0 Å². The summed E-state index contributed by atoms with van der Waals surface area (Å²) in [4.78, 5) is 15.1. The van der Waals surface area contributed by atoms with E-state index in [1.807, 2.05) is 49.4 Å². The van der Waals surface area contributed by atoms with Crippen molar-refractivity contribution in [1.29, 1.82) is 0 Å². The van der Waals surface area contributed by atoms with Gasteiger partial charge in [0.15, 0.2) is 0 Å². The molecule has 1 aliphatic heterocycles. The monoisotopic (exact) mass is 340 g/mol. The smallest absolute Gasteiger partial charge is 0.321 e. The Morgan fingerprint density at radius 3 is 2.79 bits per heavy atom. The maximum atomic E-state index is 11.6. The van der Waals surface area contributed by atoms with Gasteiger partial charge in [-0.25, -0.2) is 0 Å². The molecular formula is C19H17ClN2O2. The number of H-pyrrole nitrogens is 1. The van der Waals surface area contributed by atoms with Crippen molar-refractivity contribution in [3.05, 3.63) is 69.9 Å². The first-order chi connectivity index (χ1) is 11.5. The number of carboxylic acid groups (broad SMARTS) is 1. The van der Waals surface area contributed by atoms with Crippen LogP contribution in [-0.2, 0) is 11.2 Å². The molecule has 0 bridgehead atoms. The van der Waals surface area contributed by atoms with Crippen LogP contribution in [0.1, 0.15) is 28.4 Å². The summed E-state index contributed by atoms with van der Waals surface area (Å²) in [7, 11) is 0. The fourth-order valence-electron chi connectivity index (χ4n) is 3.50. The van der Waals surface area contributed by atoms with Crippen LogP contribution in [0.15, 0.2) is 42.5 Å². The zero-order chi connectivity index (χ0) is 16.8. The number of rotatable bonds is 2. The van der Waals surface area contributed by atoms with Crippen LogP contribution < -0.4 is 5.32 Å². The number of carboxylic acids is 1. The van der Waals surface area contributed by atoms with E-state index in [2.05, 4.69) is 10.3 Å². The minimum absolute atomic E-state index is 0.268. The van der Waals surface area contributed by atoms with Gasteiger partial charge in [-0.1, -0.05) is 41.9 Å². The highest BCUT2D eigenvalue weighted by Crippen LogP contribution is 2.37. The van der Waals surface area contributed by atoms with Gasteiger partial charge >= 0.3 is 5.97 Å². The molecule has 5 heteroatoms. The average Bonchev–Trinajstić information content (AvgIpc) is 2.93. The molecule has 122 valence electrons. The normalized spacial score (nSPS) is 20.1. The minimum atomic E-state index is -0.848. The molecule has 0 radical (unpaired) electrons. The molecule has 3 N–H and O–H groups in total. The van der Waals surface area contributed by atoms with Gasteiger partial charge in [-0.3, -0.25) is 10.1 Å². The summed E-state index contributed by atoms with van der Waals surface area (Å²) in [6, 6.07) is 13.0. The molecule has 4 nitrogen and oxygen atoms in total. The Hall–Kier alpha value is -2.30. The van der Waals surface area contributed by atoms with Gasteiger partial charge in [0.05, 0.1) is 6.04 Å². The molecule has 0 aliphatic carbocycles. The minimum Gasteiger partial charge on any atom is -0.480 e. The van der Waals surface area contributed by atoms with Gasteiger partial charge < -0.3 is 10.1 Å². The third kappa shape index (κ3) is 2.39. The van der Waals surface area contributed by atoms with Crippen LogP contribution in [0.25, 0.3) is 10.9 Å². The SMILES string of the molecule is Cc1ccc([C@H]2N[C@H](C(=O)O)Cc3c2[nH]c2ccccc32)c(Cl)c1. The van der Waals surface area contributed by atoms with Gasteiger partial charge in [0.2, 0.25) is 0 Å². The van der Waals surface area contributed by atoms with E-state index >= 15 is 0 Å². The molecule has 0 unspecified atom stereocenters. The largest absolute Gasteiger partial charge is 0.480 e. The lowest BCUT2D eigenvalue weighted by molar-refractivity contribution is -0.139. The number of aliphatic carboxylic acids is 1. The van der Waals surface area contributed by atoms with Crippen molar-refractivity contribution >= 4 is 28.5 Å². The summed E-state index contributed by atoms with van der Waals surface area (Å²) in [6.07, 6.45) is 0.453. The highest BCUT2D eigenvalue weighted by molar-refractivity contribution is 6.31. The van der Waals surface area contributed by atoms with Gasteiger partial charge in [0, 0.05) is 28.0 Å². The molecule has 4 rings (SSSR count). The lowest BCUT2D eigenvalue weighted by Gasteiger charge is -2.30. The van der Waals surface area contributed by atoms with Crippen LogP contribution in [0.2, 0.25) is 5.02 Å². The number of aryl methyl sites for hydroxylation is 1. The molecule has 2 aromatic carbocycles. The van der Waals surface area contributed by atoms with E-state index < -0.39 is 12.0 Å². The van der Waals surface area contributed by atoms with E-state index in [1.165, 1.54) is 0 Å². The molecule has 1 aromatic heterocycles. The summed E-state index contributed by atoms with van der Waals surface area (Å²) in [5, 5.41) is 14.5. The Bertz CT molecular complexity index is 948. The Balaban J connectivity index is 1.92. The Morgan fingerprint density at radius 2 is 2.04 bits per heavy atom. The van der Waals surface area contributed by atoms with Gasteiger partial charge in [-0.15, -0.1) is 0 Å². The van der Waals surface area contributed by atoms with Gasteiger partial charge in [-0.05, 0) is 35.7 Å². The van der Waals surface area contributed by atoms with Crippen LogP contribution in [-0.4, -0.2) is 22.1 Å². The van der Waals surface area contributed by atoms with E-state index in [0.29, 0.717) is 11.4 Å². The molecule has 0 amide bonds. The molecule has 0 saturated heterocycles. The number of aromatic nitrogens is 1. The number of hydrogen-bond donors (Lipinski definition) is 3. The number of aromatic amines is 1. The van der Waals surface area contributed by atoms with Crippen LogP contribution in [0.3, 0.4) is 0 Å². The third-order valence-electron chi connectivity index (χ3n) is 4.68. The van der Waals surface area contributed by atoms with E-state index in [0.717, 1.165) is 33.3 Å². The number of halogens is 1. The van der Waals surface area contributed by atoms with Crippen molar-refractivity contribution < 1.29 is 9.90 Å². The van der Waals surface area contributed by atoms with Crippen LogP contribution in [0.5, 0.6) is 0 Å². The highest BCUT2D eigenvalue weighted by atomic mass is 35.5. The Morgan fingerprint density at radius 1 is 1.25 bits per heavy atom. The first-order valence-electron chi connectivity index (χ1n) is 7.89. The molecule has 2 heterocycles. The van der Waals surface area contributed by atoms with Crippen molar-refractivity contribution in [2.24, 2.45) is 0 Å². The Labute approximate surface area is 144 Å². The summed E-state index contributed by atoms with van der Waals surface area (Å²) < 4.78 is 0. The van der Waals surface area contributed by atoms with Crippen molar-refractivity contribution in [2.45, 2.75) is 25.4 Å². The standard InChI is InChI=1S/C19H17ClN2O2/c1-10-6-7-12(14(20)8-10)17-18-13(9-16(22-17)19(23)24)11-4-2-3-5-15(11)21-18/h2-8,16-17,21-22H,9H2,1H3,(H,23,24)/t16-,17+/m0/s1. The van der Waals surface area contributed by atoms with Crippen LogP contribution >= 0.6 is 11.6 Å². The predicted molar refractivity (Wildman–Crippen MR) is 94.6 cm³/mol. The highest BCUT2D eigenvalue weighted by Gasteiger charge is 2.34. The lowest BCUT2D eigenvalue weighted by Crippen LogP contribution is -2.45. The Kier molecular flexibility index (Phi) is 3.59. The second kappa shape index (κ2) is 5.65. The fraction of sp³-hybridized carbons (Fsp3) is 0.211. The number of carbonyl (C=O) groups is 1. The number of benzene rings is 2. The fourth-order valence-corrected chi connectivity index (χ4v) is 3.85. The zero-order valence-corrected chi connectivity index (χ0v) is 13.9. The molecule has 0 spiro atoms. The van der Waals surface area contributed by atoms with Crippen molar-refractivity contribution in [3.63, 3.8) is 0 Å². The second-order valence-corrected chi connectivity index (χ2v) is 6.69. The third-order valence-corrected chi connectivity index (χ3v) is 5.00. The summed E-state index contributed by atoms with van der Waals surface area (Å²) >= 11 is 6.45. The van der Waals surface area contributed by atoms with Crippen molar-refractivity contribution in [1.82, 2.24) is 10.3 Å². The summed E-state index contributed by atoms with van der Waals surface area (Å²) in [6.45, 7) is 1.98. The van der Waals surface area contributed by atoms with E-state index in [-0.39, 0.29) is 6.04 Å². The molecule has 24 heavy (non-hydrogen) atoms. The topological polar surface area (TPSA) is 65.1 Å². The molecule has 2 atom stereocenters. The quantitative estimate of drug-likeness (QED) is 0.664. The summed E-state index contributed by atoms with van der Waals surface area (Å²) in [5.74, 6) is -0.848. The molecule has 0 saturated carbocycles. The molecular weight excluding hydrogens is 324 g/mol. The number of fused-ring (bicyclic) bond motifs is 3. The predicted octanol–water partition coefficient (Wildman–Crippen LogP) is 3.82. The van der Waals surface area contributed by atoms with Crippen molar-refractivity contribution in [2.75, 3.05) is 0 Å². The number of nitrogens with one attached hydrogen (secondary N) is 2. The average molecular weight is 341 g/mol. The molecule has 0 fully saturated rings. The van der Waals surface area contributed by atoms with E-state index in [4.69, 9.17) is 11.6 Å². The zero-order valence-electron chi connectivity index (χ0n) is 13.1. The lowest BCUT2D eigenvalue weighted by atomic mass is 9.90.